The topological polar surface area (TPSA) is 68.0 Å². The van der Waals surface area contributed by atoms with Crippen molar-refractivity contribution < 1.29 is 4.79 Å². The largest absolute Gasteiger partial charge is 0.375 e. The molecule has 0 aliphatic heterocycles. The number of rotatable bonds is 4. The number of hydrogen-bond donors (Lipinski definition) is 2. The Hall–Kier alpha value is -1.62. The molecule has 0 atom stereocenters. The van der Waals surface area contributed by atoms with Crippen LogP contribution in [0.5, 0.6) is 0 Å². The molecule has 4 nitrogen and oxygen atoms in total. The van der Waals surface area contributed by atoms with E-state index in [1.807, 2.05) is 18.2 Å². The van der Waals surface area contributed by atoms with Crippen molar-refractivity contribution in [3.05, 3.63) is 23.8 Å². The van der Waals surface area contributed by atoms with Gasteiger partial charge in [-0.05, 0) is 30.5 Å². The van der Waals surface area contributed by atoms with E-state index >= 15 is 0 Å². The summed E-state index contributed by atoms with van der Waals surface area (Å²) in [6.07, 6.45) is 7.82. The Bertz CT molecular complexity index is 631. The summed E-state index contributed by atoms with van der Waals surface area (Å²) in [4.78, 5) is 16.4. The van der Waals surface area contributed by atoms with Gasteiger partial charge < -0.3 is 11.1 Å². The van der Waals surface area contributed by atoms with Crippen molar-refractivity contribution in [2.45, 2.75) is 38.5 Å². The summed E-state index contributed by atoms with van der Waals surface area (Å²) in [6.45, 7) is 0.770. The van der Waals surface area contributed by atoms with Crippen LogP contribution in [0.2, 0.25) is 0 Å². The highest BCUT2D eigenvalue weighted by Gasteiger charge is 2.14. The van der Waals surface area contributed by atoms with E-state index in [1.165, 1.54) is 43.4 Å². The van der Waals surface area contributed by atoms with Crippen LogP contribution in [0.25, 0.3) is 10.2 Å². The molecule has 0 saturated heterocycles. The molecule has 1 aliphatic rings. The van der Waals surface area contributed by atoms with Gasteiger partial charge in [0.1, 0.15) is 0 Å². The van der Waals surface area contributed by atoms with Crippen LogP contribution in [0.1, 0.15) is 48.9 Å². The SMILES string of the molecule is Nc1nc2ccc(C(=O)NCCC3CCCCC3)cc2s1. The van der Waals surface area contributed by atoms with E-state index in [0.717, 1.165) is 29.1 Å². The van der Waals surface area contributed by atoms with Crippen LogP contribution in [-0.4, -0.2) is 17.4 Å². The Morgan fingerprint density at radius 2 is 2.14 bits per heavy atom. The third-order valence-corrected chi connectivity index (χ3v) is 5.08. The van der Waals surface area contributed by atoms with Gasteiger partial charge in [0.2, 0.25) is 0 Å². The van der Waals surface area contributed by atoms with Crippen molar-refractivity contribution in [2.24, 2.45) is 5.92 Å². The molecule has 1 fully saturated rings. The van der Waals surface area contributed by atoms with Crippen molar-refractivity contribution in [3.63, 3.8) is 0 Å². The number of nitrogen functional groups attached to an aromatic ring is 1. The van der Waals surface area contributed by atoms with Crippen molar-refractivity contribution in [1.29, 1.82) is 0 Å². The van der Waals surface area contributed by atoms with Crippen molar-refractivity contribution in [3.8, 4) is 0 Å². The maximum atomic E-state index is 12.2. The molecule has 0 bridgehead atoms. The lowest BCUT2D eigenvalue weighted by atomic mass is 9.87. The molecule has 0 unspecified atom stereocenters. The first-order valence-electron chi connectivity index (χ1n) is 7.66. The predicted molar refractivity (Wildman–Crippen MR) is 87.6 cm³/mol. The summed E-state index contributed by atoms with van der Waals surface area (Å²) >= 11 is 1.42. The highest BCUT2D eigenvalue weighted by Crippen LogP contribution is 2.26. The van der Waals surface area contributed by atoms with Gasteiger partial charge in [0, 0.05) is 12.1 Å². The van der Waals surface area contributed by atoms with Crippen LogP contribution in [-0.2, 0) is 0 Å². The summed E-state index contributed by atoms with van der Waals surface area (Å²) in [6, 6.07) is 5.55. The van der Waals surface area contributed by atoms with E-state index < -0.39 is 0 Å². The Kier molecular flexibility index (Phi) is 4.39. The first-order chi connectivity index (χ1) is 10.2. The lowest BCUT2D eigenvalue weighted by Gasteiger charge is -2.21. The molecule has 1 saturated carbocycles. The van der Waals surface area contributed by atoms with Crippen LogP contribution < -0.4 is 11.1 Å². The van der Waals surface area contributed by atoms with Gasteiger partial charge in [0.15, 0.2) is 5.13 Å². The van der Waals surface area contributed by atoms with Gasteiger partial charge in [-0.15, -0.1) is 0 Å². The monoisotopic (exact) mass is 303 g/mol. The van der Waals surface area contributed by atoms with E-state index in [0.29, 0.717) is 10.7 Å². The number of fused-ring (bicyclic) bond motifs is 1. The summed E-state index contributed by atoms with van der Waals surface area (Å²) in [5.74, 6) is 0.794. The van der Waals surface area contributed by atoms with Crippen LogP contribution in [0.15, 0.2) is 18.2 Å². The number of aromatic nitrogens is 1. The molecular weight excluding hydrogens is 282 g/mol. The summed E-state index contributed by atoms with van der Waals surface area (Å²) < 4.78 is 0.965. The van der Waals surface area contributed by atoms with Crippen molar-refractivity contribution in [2.75, 3.05) is 12.3 Å². The smallest absolute Gasteiger partial charge is 0.251 e. The average Bonchev–Trinajstić information content (AvgIpc) is 2.87. The zero-order valence-corrected chi connectivity index (χ0v) is 12.9. The fourth-order valence-electron chi connectivity index (χ4n) is 3.05. The van der Waals surface area contributed by atoms with Gasteiger partial charge in [0.05, 0.1) is 10.2 Å². The molecule has 0 radical (unpaired) electrons. The number of carbonyl (C=O) groups excluding carboxylic acids is 1. The molecular formula is C16H21N3OS. The molecule has 0 spiro atoms. The minimum atomic E-state index is -0.000295. The van der Waals surface area contributed by atoms with Gasteiger partial charge in [-0.3, -0.25) is 4.79 Å². The molecule has 1 aromatic carbocycles. The van der Waals surface area contributed by atoms with Gasteiger partial charge in [-0.2, -0.15) is 0 Å². The van der Waals surface area contributed by atoms with Gasteiger partial charge in [-0.1, -0.05) is 43.4 Å². The second-order valence-electron chi connectivity index (χ2n) is 5.78. The minimum Gasteiger partial charge on any atom is -0.375 e. The van der Waals surface area contributed by atoms with E-state index in [-0.39, 0.29) is 5.91 Å². The zero-order valence-electron chi connectivity index (χ0n) is 12.1. The lowest BCUT2D eigenvalue weighted by Crippen LogP contribution is -2.26. The van der Waals surface area contributed by atoms with Gasteiger partial charge in [0.25, 0.3) is 5.91 Å². The second kappa shape index (κ2) is 6.43. The van der Waals surface area contributed by atoms with E-state index in [1.54, 1.807) is 0 Å². The maximum absolute atomic E-state index is 12.2. The van der Waals surface area contributed by atoms with Gasteiger partial charge in [-0.25, -0.2) is 4.98 Å². The molecule has 1 heterocycles. The van der Waals surface area contributed by atoms with Crippen molar-refractivity contribution in [1.82, 2.24) is 10.3 Å². The molecule has 2 aromatic rings. The van der Waals surface area contributed by atoms with Crippen LogP contribution in [0.4, 0.5) is 5.13 Å². The normalized spacial score (nSPS) is 16.2. The average molecular weight is 303 g/mol. The Balaban J connectivity index is 1.55. The minimum absolute atomic E-state index is 0.000295. The first kappa shape index (κ1) is 14.3. The number of amides is 1. The number of nitrogens with two attached hydrogens (primary N) is 1. The van der Waals surface area contributed by atoms with Crippen LogP contribution >= 0.6 is 11.3 Å². The zero-order chi connectivity index (χ0) is 14.7. The number of anilines is 1. The quantitative estimate of drug-likeness (QED) is 0.907. The highest BCUT2D eigenvalue weighted by molar-refractivity contribution is 7.22. The molecule has 1 amide bonds. The maximum Gasteiger partial charge on any atom is 0.251 e. The molecule has 5 heteroatoms. The number of thiazole rings is 1. The molecule has 3 rings (SSSR count). The highest BCUT2D eigenvalue weighted by atomic mass is 32.1. The third kappa shape index (κ3) is 3.53. The summed E-state index contributed by atoms with van der Waals surface area (Å²) in [5.41, 5.74) is 7.23. The predicted octanol–water partition coefficient (Wildman–Crippen LogP) is 3.58. The Morgan fingerprint density at radius 3 is 2.95 bits per heavy atom. The van der Waals surface area contributed by atoms with Crippen LogP contribution in [0, 0.1) is 5.92 Å². The first-order valence-corrected chi connectivity index (χ1v) is 8.48. The number of nitrogens with zero attached hydrogens (tertiary/aromatic N) is 1. The van der Waals surface area contributed by atoms with E-state index in [9.17, 15) is 4.79 Å². The molecule has 1 aliphatic carbocycles. The summed E-state index contributed by atoms with van der Waals surface area (Å²) in [7, 11) is 0. The second-order valence-corrected chi connectivity index (χ2v) is 6.85. The van der Waals surface area contributed by atoms with Gasteiger partial charge >= 0.3 is 0 Å². The fraction of sp³-hybridized carbons (Fsp3) is 0.500. The van der Waals surface area contributed by atoms with Crippen LogP contribution in [0.3, 0.4) is 0 Å². The molecule has 3 N–H and O–H groups in total. The molecule has 21 heavy (non-hydrogen) atoms. The van der Waals surface area contributed by atoms with E-state index in [4.69, 9.17) is 5.73 Å². The fourth-order valence-corrected chi connectivity index (χ4v) is 3.82. The third-order valence-electron chi connectivity index (χ3n) is 4.23. The molecule has 112 valence electrons. The lowest BCUT2D eigenvalue weighted by molar-refractivity contribution is 0.0950. The number of carbonyl (C=O) groups is 1. The van der Waals surface area contributed by atoms with Crippen molar-refractivity contribution >= 4 is 32.6 Å². The Labute approximate surface area is 128 Å². The summed E-state index contributed by atoms with van der Waals surface area (Å²) in [5, 5.41) is 3.57. The Morgan fingerprint density at radius 1 is 1.33 bits per heavy atom. The number of hydrogen-bond acceptors (Lipinski definition) is 4. The standard InChI is InChI=1S/C16H21N3OS/c17-16-19-13-7-6-12(10-14(13)21-16)15(20)18-9-8-11-4-2-1-3-5-11/h6-7,10-11H,1-5,8-9H2,(H2,17,19)(H,18,20). The molecule has 1 aromatic heterocycles. The van der Waals surface area contributed by atoms with E-state index in [2.05, 4.69) is 10.3 Å². The number of nitrogens with one attached hydrogen (secondary N) is 1. The number of benzene rings is 1.